The number of anilines is 2. The van der Waals surface area contributed by atoms with E-state index in [1.807, 2.05) is 44.4 Å². The van der Waals surface area contributed by atoms with Crippen LogP contribution < -0.4 is 5.32 Å². The lowest BCUT2D eigenvalue weighted by molar-refractivity contribution is 0.422. The Labute approximate surface area is 143 Å². The van der Waals surface area contributed by atoms with Gasteiger partial charge in [-0.15, -0.1) is 0 Å². The van der Waals surface area contributed by atoms with E-state index in [0.717, 1.165) is 22.8 Å². The molecule has 8 nitrogen and oxygen atoms in total. The summed E-state index contributed by atoms with van der Waals surface area (Å²) >= 11 is 0. The Morgan fingerprint density at radius 3 is 2.52 bits per heavy atom. The topological polar surface area (TPSA) is 94.6 Å². The molecule has 0 amide bonds. The number of aromatic nitrogens is 6. The fourth-order valence-electron chi connectivity index (χ4n) is 2.47. The van der Waals surface area contributed by atoms with E-state index >= 15 is 0 Å². The molecule has 4 heterocycles. The molecule has 4 aromatic heterocycles. The highest BCUT2D eigenvalue weighted by Gasteiger charge is 2.09. The van der Waals surface area contributed by atoms with E-state index in [2.05, 4.69) is 30.5 Å². The van der Waals surface area contributed by atoms with Crippen molar-refractivity contribution in [1.29, 1.82) is 0 Å². The van der Waals surface area contributed by atoms with Gasteiger partial charge in [-0.2, -0.15) is 5.10 Å². The SMILES string of the molecule is Cc1nn(C)cc1Nc1nccc(-c2cccc(-c3ccon3)n2)n1. The van der Waals surface area contributed by atoms with Crippen LogP contribution in [0.4, 0.5) is 11.6 Å². The second kappa shape index (κ2) is 6.16. The molecule has 4 rings (SSSR count). The van der Waals surface area contributed by atoms with Gasteiger partial charge in [-0.1, -0.05) is 11.2 Å². The van der Waals surface area contributed by atoms with Gasteiger partial charge in [0.25, 0.3) is 0 Å². The summed E-state index contributed by atoms with van der Waals surface area (Å²) in [4.78, 5) is 13.4. The second-order valence-electron chi connectivity index (χ2n) is 5.49. The summed E-state index contributed by atoms with van der Waals surface area (Å²) in [6.45, 7) is 1.93. The number of nitrogens with one attached hydrogen (secondary N) is 1. The lowest BCUT2D eigenvalue weighted by Gasteiger charge is -2.06. The first-order valence-corrected chi connectivity index (χ1v) is 7.67. The van der Waals surface area contributed by atoms with Crippen molar-refractivity contribution in [2.45, 2.75) is 6.92 Å². The molecule has 4 aromatic rings. The van der Waals surface area contributed by atoms with Crippen LogP contribution in [0.25, 0.3) is 22.8 Å². The molecule has 0 saturated heterocycles. The zero-order valence-electron chi connectivity index (χ0n) is 13.7. The fraction of sp³-hybridized carbons (Fsp3) is 0.118. The van der Waals surface area contributed by atoms with Crippen LogP contribution in [-0.4, -0.2) is 29.9 Å². The highest BCUT2D eigenvalue weighted by atomic mass is 16.5. The molecular weight excluding hydrogens is 318 g/mol. The minimum Gasteiger partial charge on any atom is -0.364 e. The van der Waals surface area contributed by atoms with Crippen molar-refractivity contribution < 1.29 is 4.52 Å². The average Bonchev–Trinajstić information content (AvgIpc) is 3.26. The van der Waals surface area contributed by atoms with Crippen LogP contribution in [0, 0.1) is 6.92 Å². The highest BCUT2D eigenvalue weighted by molar-refractivity contribution is 5.63. The Morgan fingerprint density at radius 2 is 1.80 bits per heavy atom. The van der Waals surface area contributed by atoms with Crippen LogP contribution in [0.5, 0.6) is 0 Å². The normalized spacial score (nSPS) is 10.8. The van der Waals surface area contributed by atoms with Crippen molar-refractivity contribution in [3.05, 3.63) is 54.7 Å². The summed E-state index contributed by atoms with van der Waals surface area (Å²) in [5.74, 6) is 0.488. The third kappa shape index (κ3) is 3.09. The van der Waals surface area contributed by atoms with Crippen molar-refractivity contribution >= 4 is 11.6 Å². The van der Waals surface area contributed by atoms with E-state index in [-0.39, 0.29) is 0 Å². The van der Waals surface area contributed by atoms with Crippen LogP contribution in [-0.2, 0) is 7.05 Å². The maximum absolute atomic E-state index is 4.88. The fourth-order valence-corrected chi connectivity index (χ4v) is 2.47. The minimum absolute atomic E-state index is 0.488. The number of rotatable bonds is 4. The first kappa shape index (κ1) is 15.0. The van der Waals surface area contributed by atoms with Crippen LogP contribution in [0.2, 0.25) is 0 Å². The summed E-state index contributed by atoms with van der Waals surface area (Å²) in [5, 5.41) is 11.4. The van der Waals surface area contributed by atoms with Crippen molar-refractivity contribution in [3.8, 4) is 22.8 Å². The first-order chi connectivity index (χ1) is 12.2. The van der Waals surface area contributed by atoms with Gasteiger partial charge in [0.15, 0.2) is 0 Å². The number of pyridine rings is 1. The summed E-state index contributed by atoms with van der Waals surface area (Å²) in [5.41, 5.74) is 4.59. The van der Waals surface area contributed by atoms with Crippen molar-refractivity contribution in [3.63, 3.8) is 0 Å². The molecule has 0 aliphatic rings. The van der Waals surface area contributed by atoms with Gasteiger partial charge in [-0.3, -0.25) is 4.68 Å². The predicted molar refractivity (Wildman–Crippen MR) is 92.0 cm³/mol. The number of nitrogens with zero attached hydrogens (tertiary/aromatic N) is 6. The van der Waals surface area contributed by atoms with E-state index in [0.29, 0.717) is 17.3 Å². The Balaban J connectivity index is 1.65. The van der Waals surface area contributed by atoms with Crippen molar-refractivity contribution in [1.82, 2.24) is 29.9 Å². The summed E-state index contributed by atoms with van der Waals surface area (Å²) in [6, 6.07) is 9.26. The maximum atomic E-state index is 4.88. The Morgan fingerprint density at radius 1 is 1.00 bits per heavy atom. The molecule has 0 aromatic carbocycles. The van der Waals surface area contributed by atoms with Crippen molar-refractivity contribution in [2.75, 3.05) is 5.32 Å². The van der Waals surface area contributed by atoms with Gasteiger partial charge in [-0.05, 0) is 25.1 Å². The molecule has 0 fully saturated rings. The number of aryl methyl sites for hydroxylation is 2. The Bertz CT molecular complexity index is 1010. The smallest absolute Gasteiger partial charge is 0.227 e. The van der Waals surface area contributed by atoms with E-state index in [4.69, 9.17) is 4.52 Å². The zero-order valence-corrected chi connectivity index (χ0v) is 13.7. The molecule has 0 bridgehead atoms. The Hall–Kier alpha value is -3.55. The molecule has 0 unspecified atom stereocenters. The van der Waals surface area contributed by atoms with Crippen LogP contribution in [0.3, 0.4) is 0 Å². The third-order valence-corrected chi connectivity index (χ3v) is 3.63. The zero-order chi connectivity index (χ0) is 17.2. The van der Waals surface area contributed by atoms with E-state index < -0.39 is 0 Å². The van der Waals surface area contributed by atoms with E-state index in [1.54, 1.807) is 16.9 Å². The summed E-state index contributed by atoms with van der Waals surface area (Å²) < 4.78 is 6.62. The molecule has 0 spiro atoms. The molecule has 0 saturated carbocycles. The number of hydrogen-bond donors (Lipinski definition) is 1. The molecule has 1 N–H and O–H groups in total. The van der Waals surface area contributed by atoms with Gasteiger partial charge in [0.05, 0.1) is 28.5 Å². The number of hydrogen-bond acceptors (Lipinski definition) is 7. The highest BCUT2D eigenvalue weighted by Crippen LogP contribution is 2.22. The van der Waals surface area contributed by atoms with E-state index in [1.165, 1.54) is 6.26 Å². The monoisotopic (exact) mass is 333 g/mol. The second-order valence-corrected chi connectivity index (χ2v) is 5.49. The minimum atomic E-state index is 0.488. The van der Waals surface area contributed by atoms with Gasteiger partial charge in [0.1, 0.15) is 12.0 Å². The van der Waals surface area contributed by atoms with Gasteiger partial charge in [-0.25, -0.2) is 15.0 Å². The van der Waals surface area contributed by atoms with Crippen LogP contribution >= 0.6 is 0 Å². The Kier molecular flexibility index (Phi) is 3.70. The van der Waals surface area contributed by atoms with Gasteiger partial charge >= 0.3 is 0 Å². The van der Waals surface area contributed by atoms with E-state index in [9.17, 15) is 0 Å². The lowest BCUT2D eigenvalue weighted by atomic mass is 10.2. The molecule has 0 atom stereocenters. The summed E-state index contributed by atoms with van der Waals surface area (Å²) in [6.07, 6.45) is 5.10. The lowest BCUT2D eigenvalue weighted by Crippen LogP contribution is -1.99. The largest absolute Gasteiger partial charge is 0.364 e. The molecule has 0 aliphatic carbocycles. The average molecular weight is 333 g/mol. The van der Waals surface area contributed by atoms with Crippen LogP contribution in [0.15, 0.2) is 53.5 Å². The standard InChI is InChI=1S/C17H15N7O/c1-11-16(10-24(2)22-11)21-17-18-8-6-14(20-17)12-4-3-5-13(19-12)15-7-9-25-23-15/h3-10H,1-2H3,(H,18,20,21). The molecule has 0 aliphatic heterocycles. The first-order valence-electron chi connectivity index (χ1n) is 7.67. The molecular formula is C17H15N7O. The van der Waals surface area contributed by atoms with Crippen molar-refractivity contribution in [2.24, 2.45) is 7.05 Å². The van der Waals surface area contributed by atoms with Gasteiger partial charge in [0.2, 0.25) is 5.95 Å². The molecule has 124 valence electrons. The molecule has 8 heteroatoms. The molecule has 25 heavy (non-hydrogen) atoms. The molecule has 0 radical (unpaired) electrons. The quantitative estimate of drug-likeness (QED) is 0.613. The third-order valence-electron chi connectivity index (χ3n) is 3.63. The van der Waals surface area contributed by atoms with Gasteiger partial charge in [0, 0.05) is 25.5 Å². The van der Waals surface area contributed by atoms with Gasteiger partial charge < -0.3 is 9.84 Å². The summed E-state index contributed by atoms with van der Waals surface area (Å²) in [7, 11) is 1.87. The van der Waals surface area contributed by atoms with Crippen LogP contribution in [0.1, 0.15) is 5.69 Å². The predicted octanol–water partition coefficient (Wildman–Crippen LogP) is 2.98. The maximum Gasteiger partial charge on any atom is 0.227 e.